The zero-order valence-corrected chi connectivity index (χ0v) is 12.6. The Kier molecular flexibility index (Phi) is 4.03. The maximum atomic E-state index is 12.1. The zero-order valence-electron chi connectivity index (χ0n) is 11.8. The van der Waals surface area contributed by atoms with Gasteiger partial charge in [-0.2, -0.15) is 0 Å². The summed E-state index contributed by atoms with van der Waals surface area (Å²) in [7, 11) is -3.10. The number of nitrogens with one attached hydrogen (secondary N) is 1. The molecule has 1 aromatic rings. The van der Waals surface area contributed by atoms with Crippen molar-refractivity contribution in [1.29, 1.82) is 0 Å². The van der Waals surface area contributed by atoms with Crippen LogP contribution in [0.3, 0.4) is 0 Å². The second kappa shape index (κ2) is 5.81. The van der Waals surface area contributed by atoms with Crippen LogP contribution in [0.2, 0.25) is 0 Å². The molecule has 0 aromatic carbocycles. The van der Waals surface area contributed by atoms with Crippen molar-refractivity contribution < 1.29 is 17.6 Å². The molecule has 116 valence electrons. The zero-order chi connectivity index (χ0) is 14.9. The third-order valence-corrected chi connectivity index (χ3v) is 5.96. The summed E-state index contributed by atoms with van der Waals surface area (Å²) in [5, 5.41) is 2.83. The minimum atomic E-state index is -3.10. The predicted molar refractivity (Wildman–Crippen MR) is 77.8 cm³/mol. The molecule has 0 bridgehead atoms. The van der Waals surface area contributed by atoms with Crippen LogP contribution in [0.15, 0.2) is 22.8 Å². The molecule has 7 heteroatoms. The molecular formula is C14H20N2O4S. The van der Waals surface area contributed by atoms with Gasteiger partial charge in [-0.15, -0.1) is 0 Å². The van der Waals surface area contributed by atoms with E-state index in [2.05, 4.69) is 10.2 Å². The summed E-state index contributed by atoms with van der Waals surface area (Å²) in [4.78, 5) is 14.3. The minimum absolute atomic E-state index is 0.0145. The molecule has 6 nitrogen and oxygen atoms in total. The second-order valence-corrected chi connectivity index (χ2v) is 7.95. The smallest absolute Gasteiger partial charge is 0.287 e. The molecule has 1 N–H and O–H groups in total. The third-order valence-electron chi connectivity index (χ3n) is 4.24. The van der Waals surface area contributed by atoms with E-state index in [0.29, 0.717) is 0 Å². The topological polar surface area (TPSA) is 79.6 Å². The fourth-order valence-electron chi connectivity index (χ4n) is 3.22. The van der Waals surface area contributed by atoms with Gasteiger partial charge in [0.05, 0.1) is 23.8 Å². The SMILES string of the molecule is O=C(N[C@@H]1CS(=O)(=O)C[C@@H]1N1CCCCC1)c1ccco1. The third kappa shape index (κ3) is 3.29. The first-order valence-corrected chi connectivity index (χ1v) is 9.16. The summed E-state index contributed by atoms with van der Waals surface area (Å²) >= 11 is 0. The van der Waals surface area contributed by atoms with Crippen molar-refractivity contribution in [3.63, 3.8) is 0 Å². The number of furan rings is 1. The van der Waals surface area contributed by atoms with Gasteiger partial charge in [-0.25, -0.2) is 8.42 Å². The highest BCUT2D eigenvalue weighted by Gasteiger charge is 2.42. The summed E-state index contributed by atoms with van der Waals surface area (Å²) in [6, 6.07) is 2.75. The van der Waals surface area contributed by atoms with Gasteiger partial charge in [0.15, 0.2) is 15.6 Å². The van der Waals surface area contributed by atoms with Crippen LogP contribution in [-0.2, 0) is 9.84 Å². The van der Waals surface area contributed by atoms with Gasteiger partial charge in [0.25, 0.3) is 5.91 Å². The highest BCUT2D eigenvalue weighted by molar-refractivity contribution is 7.91. The van der Waals surface area contributed by atoms with E-state index in [1.807, 2.05) is 0 Å². The van der Waals surface area contributed by atoms with Crippen LogP contribution >= 0.6 is 0 Å². The van der Waals surface area contributed by atoms with Gasteiger partial charge in [0.1, 0.15) is 0 Å². The average Bonchev–Trinajstić information content (AvgIpc) is 3.07. The number of likely N-dealkylation sites (tertiary alicyclic amines) is 1. The lowest BCUT2D eigenvalue weighted by Crippen LogP contribution is -2.52. The Morgan fingerprint density at radius 2 is 2.00 bits per heavy atom. The number of amides is 1. The van der Waals surface area contributed by atoms with E-state index in [1.165, 1.54) is 12.7 Å². The quantitative estimate of drug-likeness (QED) is 0.887. The number of hydrogen-bond acceptors (Lipinski definition) is 5. The lowest BCUT2D eigenvalue weighted by atomic mass is 10.0. The molecule has 3 rings (SSSR count). The molecule has 2 atom stereocenters. The van der Waals surface area contributed by atoms with Crippen LogP contribution in [0, 0.1) is 0 Å². The monoisotopic (exact) mass is 312 g/mol. The Balaban J connectivity index is 1.73. The van der Waals surface area contributed by atoms with Crippen LogP contribution in [0.1, 0.15) is 29.8 Å². The van der Waals surface area contributed by atoms with E-state index in [4.69, 9.17) is 4.42 Å². The molecule has 3 heterocycles. The number of nitrogens with zero attached hydrogens (tertiary/aromatic N) is 1. The average molecular weight is 312 g/mol. The van der Waals surface area contributed by atoms with Crippen LogP contribution < -0.4 is 5.32 Å². The molecule has 0 aliphatic carbocycles. The van der Waals surface area contributed by atoms with Gasteiger partial charge in [0, 0.05) is 6.04 Å². The second-order valence-electron chi connectivity index (χ2n) is 5.80. The van der Waals surface area contributed by atoms with Gasteiger partial charge in [-0.3, -0.25) is 9.69 Å². The van der Waals surface area contributed by atoms with Crippen molar-refractivity contribution in [1.82, 2.24) is 10.2 Å². The maximum absolute atomic E-state index is 12.1. The van der Waals surface area contributed by atoms with E-state index in [9.17, 15) is 13.2 Å². The molecule has 0 radical (unpaired) electrons. The molecule has 1 aromatic heterocycles. The molecule has 1 amide bonds. The molecule has 0 spiro atoms. The first-order chi connectivity index (χ1) is 10.1. The first-order valence-electron chi connectivity index (χ1n) is 7.34. The highest BCUT2D eigenvalue weighted by atomic mass is 32.2. The van der Waals surface area contributed by atoms with E-state index in [0.717, 1.165) is 25.9 Å². The Labute approximate surface area is 124 Å². The van der Waals surface area contributed by atoms with E-state index >= 15 is 0 Å². The minimum Gasteiger partial charge on any atom is -0.459 e. The Morgan fingerprint density at radius 1 is 1.24 bits per heavy atom. The molecular weight excluding hydrogens is 292 g/mol. The van der Waals surface area contributed by atoms with Crippen LogP contribution in [0.4, 0.5) is 0 Å². The van der Waals surface area contributed by atoms with Gasteiger partial charge in [-0.05, 0) is 38.1 Å². The van der Waals surface area contributed by atoms with E-state index in [-0.39, 0.29) is 35.3 Å². The lowest BCUT2D eigenvalue weighted by Gasteiger charge is -2.34. The lowest BCUT2D eigenvalue weighted by molar-refractivity contribution is 0.0872. The fourth-order valence-corrected chi connectivity index (χ4v) is 5.18. The van der Waals surface area contributed by atoms with Crippen molar-refractivity contribution in [2.24, 2.45) is 0 Å². The molecule has 21 heavy (non-hydrogen) atoms. The number of piperidine rings is 1. The van der Waals surface area contributed by atoms with Gasteiger partial charge in [-0.1, -0.05) is 6.42 Å². The van der Waals surface area contributed by atoms with Crippen molar-refractivity contribution >= 4 is 15.7 Å². The molecule has 0 unspecified atom stereocenters. The summed E-state index contributed by atoms with van der Waals surface area (Å²) in [6.07, 6.45) is 4.81. The standard InChI is InChI=1S/C14H20N2O4S/c17-14(13-5-4-8-20-13)15-11-9-21(18,19)10-12(11)16-6-2-1-3-7-16/h4-5,8,11-12H,1-3,6-7,9-10H2,(H,15,17)/t11-,12+/m1/s1. The number of sulfone groups is 1. The summed E-state index contributed by atoms with van der Waals surface area (Å²) in [6.45, 7) is 1.82. The Bertz CT molecular complexity index is 591. The van der Waals surface area contributed by atoms with E-state index < -0.39 is 9.84 Å². The highest BCUT2D eigenvalue weighted by Crippen LogP contribution is 2.22. The number of carbonyl (C=O) groups excluding carboxylic acids is 1. The molecule has 2 saturated heterocycles. The number of hydrogen-bond donors (Lipinski definition) is 1. The number of carbonyl (C=O) groups is 1. The predicted octanol–water partition coefficient (Wildman–Crippen LogP) is 0.661. The van der Waals surface area contributed by atoms with Crippen molar-refractivity contribution in [2.75, 3.05) is 24.6 Å². The fraction of sp³-hybridized carbons (Fsp3) is 0.643. The summed E-state index contributed by atoms with van der Waals surface area (Å²) < 4.78 is 29.0. The molecule has 2 aliphatic heterocycles. The van der Waals surface area contributed by atoms with Crippen molar-refractivity contribution in [2.45, 2.75) is 31.3 Å². The van der Waals surface area contributed by atoms with Gasteiger partial charge in [0.2, 0.25) is 0 Å². The number of rotatable bonds is 3. The van der Waals surface area contributed by atoms with E-state index in [1.54, 1.807) is 12.1 Å². The van der Waals surface area contributed by atoms with Crippen LogP contribution in [-0.4, -0.2) is 55.9 Å². The largest absolute Gasteiger partial charge is 0.459 e. The maximum Gasteiger partial charge on any atom is 0.287 e. The Hall–Kier alpha value is -1.34. The Morgan fingerprint density at radius 3 is 2.67 bits per heavy atom. The summed E-state index contributed by atoms with van der Waals surface area (Å²) in [5.74, 6) is 0.0253. The molecule has 0 saturated carbocycles. The first kappa shape index (κ1) is 14.6. The van der Waals surface area contributed by atoms with Crippen molar-refractivity contribution in [3.05, 3.63) is 24.2 Å². The normalized spacial score (nSPS) is 29.3. The molecule has 2 fully saturated rings. The van der Waals surface area contributed by atoms with Crippen LogP contribution in [0.5, 0.6) is 0 Å². The van der Waals surface area contributed by atoms with Crippen molar-refractivity contribution in [3.8, 4) is 0 Å². The van der Waals surface area contributed by atoms with Gasteiger partial charge < -0.3 is 9.73 Å². The summed E-state index contributed by atoms with van der Waals surface area (Å²) in [5.41, 5.74) is 0. The van der Waals surface area contributed by atoms with Gasteiger partial charge >= 0.3 is 0 Å². The van der Waals surface area contributed by atoms with Crippen LogP contribution in [0.25, 0.3) is 0 Å². The molecule has 2 aliphatic rings.